The van der Waals surface area contributed by atoms with E-state index in [0.29, 0.717) is 0 Å². The number of alkyl halides is 2. The van der Waals surface area contributed by atoms with Crippen LogP contribution in [0.5, 0.6) is 0 Å². The normalized spacial score (nSPS) is 21.0. The standard InChI is InChI=1S/C7H18F2O3Si2/c1-6(8)5-7(2,9)14(11-4)12-13-10-3/h6,14H,5,13H2,1-4H3. The van der Waals surface area contributed by atoms with Gasteiger partial charge in [-0.1, -0.05) is 0 Å². The molecule has 3 atom stereocenters. The largest absolute Gasteiger partial charge is 0.420 e. The zero-order chi connectivity index (χ0) is 11.2. The summed E-state index contributed by atoms with van der Waals surface area (Å²) in [6.45, 7) is 2.65. The van der Waals surface area contributed by atoms with E-state index in [2.05, 4.69) is 0 Å². The molecule has 0 spiro atoms. The molecule has 0 fully saturated rings. The fourth-order valence-corrected chi connectivity index (χ4v) is 5.25. The van der Waals surface area contributed by atoms with Gasteiger partial charge in [-0.3, -0.25) is 0 Å². The van der Waals surface area contributed by atoms with E-state index >= 15 is 0 Å². The van der Waals surface area contributed by atoms with Gasteiger partial charge in [0.15, 0.2) is 5.29 Å². The number of hydrogen-bond donors (Lipinski definition) is 0. The van der Waals surface area contributed by atoms with Gasteiger partial charge in [0.1, 0.15) is 6.17 Å². The highest BCUT2D eigenvalue weighted by Gasteiger charge is 2.39. The maximum Gasteiger partial charge on any atom is 0.350 e. The summed E-state index contributed by atoms with van der Waals surface area (Å²) in [4.78, 5) is 0. The molecule has 0 aromatic heterocycles. The van der Waals surface area contributed by atoms with Gasteiger partial charge >= 0.3 is 9.28 Å². The highest BCUT2D eigenvalue weighted by Crippen LogP contribution is 2.23. The van der Waals surface area contributed by atoms with E-state index in [4.69, 9.17) is 13.0 Å². The topological polar surface area (TPSA) is 27.7 Å². The lowest BCUT2D eigenvalue weighted by atomic mass is 10.2. The maximum absolute atomic E-state index is 13.9. The first kappa shape index (κ1) is 14.2. The number of rotatable bonds is 7. The number of halogens is 2. The summed E-state index contributed by atoms with van der Waals surface area (Å²) in [5, 5.41) is -1.69. The van der Waals surface area contributed by atoms with Crippen molar-refractivity contribution < 1.29 is 21.7 Å². The van der Waals surface area contributed by atoms with E-state index in [9.17, 15) is 8.78 Å². The van der Waals surface area contributed by atoms with Gasteiger partial charge in [-0.15, -0.1) is 0 Å². The van der Waals surface area contributed by atoms with Crippen molar-refractivity contribution >= 4 is 19.3 Å². The summed E-state index contributed by atoms with van der Waals surface area (Å²) in [7, 11) is -0.751. The van der Waals surface area contributed by atoms with Crippen molar-refractivity contribution in [1.29, 1.82) is 0 Å². The summed E-state index contributed by atoms with van der Waals surface area (Å²) in [6.07, 6.45) is -1.38. The van der Waals surface area contributed by atoms with E-state index in [1.807, 2.05) is 0 Å². The van der Waals surface area contributed by atoms with Crippen molar-refractivity contribution in [3.8, 4) is 0 Å². The van der Waals surface area contributed by atoms with Crippen LogP contribution < -0.4 is 0 Å². The average molecular weight is 244 g/mol. The zero-order valence-electron chi connectivity index (χ0n) is 9.05. The third kappa shape index (κ3) is 5.15. The molecular weight excluding hydrogens is 226 g/mol. The summed E-state index contributed by atoms with van der Waals surface area (Å²) in [5.41, 5.74) is 0. The molecule has 0 N–H and O–H groups in total. The molecule has 0 aliphatic rings. The minimum absolute atomic E-state index is 0.185. The van der Waals surface area contributed by atoms with Crippen LogP contribution in [0.1, 0.15) is 20.3 Å². The lowest BCUT2D eigenvalue weighted by Crippen LogP contribution is -2.46. The SMILES string of the molecule is CO[SiH2]O[SiH](OC)C(C)(F)CC(C)F. The van der Waals surface area contributed by atoms with E-state index in [1.54, 1.807) is 0 Å². The van der Waals surface area contributed by atoms with Crippen LogP contribution >= 0.6 is 0 Å². The molecule has 0 aromatic rings. The van der Waals surface area contributed by atoms with Gasteiger partial charge in [0, 0.05) is 20.6 Å². The van der Waals surface area contributed by atoms with E-state index in [-0.39, 0.29) is 6.42 Å². The van der Waals surface area contributed by atoms with Crippen molar-refractivity contribution in [3.05, 3.63) is 0 Å². The average Bonchev–Trinajstić information content (AvgIpc) is 2.02. The molecule has 0 saturated carbocycles. The molecule has 0 heterocycles. The monoisotopic (exact) mass is 244 g/mol. The first-order chi connectivity index (χ1) is 6.44. The Hall–Kier alpha value is 0.174. The van der Waals surface area contributed by atoms with E-state index in [0.717, 1.165) is 0 Å². The Balaban J connectivity index is 4.17. The van der Waals surface area contributed by atoms with Crippen LogP contribution in [0.15, 0.2) is 0 Å². The molecule has 0 aliphatic heterocycles. The first-order valence-electron chi connectivity index (χ1n) is 4.40. The Labute approximate surface area is 87.6 Å². The van der Waals surface area contributed by atoms with Crippen molar-refractivity contribution in [2.24, 2.45) is 0 Å². The molecule has 0 radical (unpaired) electrons. The molecule has 0 aromatic carbocycles. The van der Waals surface area contributed by atoms with Crippen LogP contribution in [-0.4, -0.2) is 45.0 Å². The molecule has 0 saturated heterocycles. The quantitative estimate of drug-likeness (QED) is 0.612. The van der Waals surface area contributed by atoms with Gasteiger partial charge in [-0.05, 0) is 13.8 Å². The van der Waals surface area contributed by atoms with Crippen molar-refractivity contribution in [1.82, 2.24) is 0 Å². The molecule has 86 valence electrons. The van der Waals surface area contributed by atoms with Gasteiger partial charge in [0.05, 0.1) is 0 Å². The van der Waals surface area contributed by atoms with Crippen LogP contribution in [-0.2, 0) is 13.0 Å². The van der Waals surface area contributed by atoms with Crippen LogP contribution in [0.3, 0.4) is 0 Å². The van der Waals surface area contributed by atoms with Gasteiger partial charge in [-0.2, -0.15) is 0 Å². The predicted molar refractivity (Wildman–Crippen MR) is 55.5 cm³/mol. The summed E-state index contributed by atoms with van der Waals surface area (Å²) in [6, 6.07) is 0. The molecule has 0 aliphatic carbocycles. The Kier molecular flexibility index (Phi) is 6.70. The Morgan fingerprint density at radius 2 is 2.07 bits per heavy atom. The third-order valence-electron chi connectivity index (χ3n) is 1.72. The fraction of sp³-hybridized carbons (Fsp3) is 1.00. The molecule has 0 rings (SSSR count). The molecular formula is C7H18F2O3Si2. The Morgan fingerprint density at radius 3 is 2.43 bits per heavy atom. The molecule has 7 heteroatoms. The summed E-state index contributed by atoms with van der Waals surface area (Å²) in [5.74, 6) is 0. The lowest BCUT2D eigenvalue weighted by molar-refractivity contribution is 0.149. The minimum Gasteiger partial charge on any atom is -0.420 e. The second-order valence-electron chi connectivity index (χ2n) is 3.40. The number of hydrogen-bond acceptors (Lipinski definition) is 3. The Morgan fingerprint density at radius 1 is 1.50 bits per heavy atom. The van der Waals surface area contributed by atoms with Crippen molar-refractivity contribution in [3.63, 3.8) is 0 Å². The maximum atomic E-state index is 13.9. The van der Waals surface area contributed by atoms with Crippen LogP contribution in [0.4, 0.5) is 8.78 Å². The van der Waals surface area contributed by atoms with Gasteiger partial charge in [-0.25, -0.2) is 8.78 Å². The van der Waals surface area contributed by atoms with Crippen molar-refractivity contribution in [2.45, 2.75) is 31.7 Å². The molecule has 3 nitrogen and oxygen atoms in total. The van der Waals surface area contributed by atoms with Crippen LogP contribution in [0, 0.1) is 0 Å². The first-order valence-corrected chi connectivity index (χ1v) is 7.08. The molecule has 0 amide bonds. The Bertz CT molecular complexity index is 158. The van der Waals surface area contributed by atoms with E-state index in [1.165, 1.54) is 28.1 Å². The summed E-state index contributed by atoms with van der Waals surface area (Å²) >= 11 is 0. The smallest absolute Gasteiger partial charge is 0.350 e. The van der Waals surface area contributed by atoms with Crippen LogP contribution in [0.2, 0.25) is 0 Å². The van der Waals surface area contributed by atoms with Crippen LogP contribution in [0.25, 0.3) is 0 Å². The highest BCUT2D eigenvalue weighted by atomic mass is 28.4. The molecule has 0 bridgehead atoms. The molecule has 3 unspecified atom stereocenters. The third-order valence-corrected chi connectivity index (χ3v) is 5.36. The zero-order valence-corrected chi connectivity index (χ0v) is 11.6. The summed E-state index contributed by atoms with van der Waals surface area (Å²) < 4.78 is 41.5. The van der Waals surface area contributed by atoms with Crippen molar-refractivity contribution in [2.75, 3.05) is 14.2 Å². The van der Waals surface area contributed by atoms with E-state index < -0.39 is 30.8 Å². The highest BCUT2D eigenvalue weighted by molar-refractivity contribution is 6.54. The van der Waals surface area contributed by atoms with Gasteiger partial charge in [0.2, 0.25) is 0 Å². The van der Waals surface area contributed by atoms with Gasteiger partial charge in [0.25, 0.3) is 10.0 Å². The second-order valence-corrected chi connectivity index (χ2v) is 7.89. The lowest BCUT2D eigenvalue weighted by Gasteiger charge is -2.27. The van der Waals surface area contributed by atoms with Gasteiger partial charge < -0.3 is 13.0 Å². The fourth-order valence-electron chi connectivity index (χ4n) is 1.26. The minimum atomic E-state index is -2.47. The predicted octanol–water partition coefficient (Wildman–Crippen LogP) is 0.531. The molecule has 14 heavy (non-hydrogen) atoms. The second kappa shape index (κ2) is 6.62.